The van der Waals surface area contributed by atoms with E-state index in [1.165, 1.54) is 18.4 Å². The molecule has 0 atom stereocenters. The molecular weight excluding hydrogens is 292 g/mol. The number of carbonyl (C=O) groups is 2. The Kier molecular flexibility index (Phi) is 5.69. The first kappa shape index (κ1) is 15.9. The largest absolute Gasteiger partial charge is 0.469 e. The number of ether oxygens (including phenoxy) is 2. The molecule has 0 aliphatic carbocycles. The number of carbonyl (C=O) groups excluding carboxylic acids is 2. The molecule has 1 aromatic rings. The molecule has 21 heavy (non-hydrogen) atoms. The minimum atomic E-state index is -0.363. The Bertz CT molecular complexity index is 495. The van der Waals surface area contributed by atoms with E-state index >= 15 is 0 Å². The number of methoxy groups -OCH3 is 1. The quantitative estimate of drug-likeness (QED) is 0.771. The van der Waals surface area contributed by atoms with Gasteiger partial charge in [-0.25, -0.2) is 9.78 Å². The van der Waals surface area contributed by atoms with Gasteiger partial charge in [-0.15, -0.1) is 11.3 Å². The summed E-state index contributed by atoms with van der Waals surface area (Å²) in [5, 5.41) is 2.29. The second kappa shape index (κ2) is 7.51. The number of rotatable bonds is 5. The number of thiazole rings is 1. The van der Waals surface area contributed by atoms with Gasteiger partial charge in [-0.05, 0) is 32.9 Å². The molecule has 2 heterocycles. The van der Waals surface area contributed by atoms with Crippen LogP contribution in [0, 0.1) is 5.92 Å². The second-order valence-corrected chi connectivity index (χ2v) is 5.80. The van der Waals surface area contributed by atoms with Crippen LogP contribution in [0.25, 0.3) is 0 Å². The van der Waals surface area contributed by atoms with Crippen LogP contribution in [0.5, 0.6) is 0 Å². The number of esters is 2. The third-order valence-electron chi connectivity index (χ3n) is 3.51. The average Bonchev–Trinajstić information content (AvgIpc) is 2.96. The van der Waals surface area contributed by atoms with E-state index in [1.807, 2.05) is 5.38 Å². The SMILES string of the molecule is CCOC(=O)c1nc(CN2CCC(C(=O)OC)CC2)cs1. The topological polar surface area (TPSA) is 68.7 Å². The lowest BCUT2D eigenvalue weighted by atomic mass is 9.97. The van der Waals surface area contributed by atoms with Gasteiger partial charge in [0.2, 0.25) is 5.01 Å². The summed E-state index contributed by atoms with van der Waals surface area (Å²) >= 11 is 1.31. The lowest BCUT2D eigenvalue weighted by Gasteiger charge is -2.29. The molecule has 0 spiro atoms. The molecule has 0 unspecified atom stereocenters. The highest BCUT2D eigenvalue weighted by Gasteiger charge is 2.26. The van der Waals surface area contributed by atoms with Gasteiger partial charge < -0.3 is 9.47 Å². The number of hydrogen-bond acceptors (Lipinski definition) is 7. The molecule has 1 aliphatic heterocycles. The predicted octanol–water partition coefficient (Wildman–Crippen LogP) is 1.70. The first-order valence-electron chi connectivity index (χ1n) is 7.05. The zero-order valence-electron chi connectivity index (χ0n) is 12.3. The maximum atomic E-state index is 11.6. The van der Waals surface area contributed by atoms with Crippen molar-refractivity contribution in [2.24, 2.45) is 5.92 Å². The Balaban J connectivity index is 1.84. The Hall–Kier alpha value is -1.47. The summed E-state index contributed by atoms with van der Waals surface area (Å²) in [7, 11) is 1.43. The van der Waals surface area contributed by atoms with Gasteiger partial charge in [-0.3, -0.25) is 9.69 Å². The van der Waals surface area contributed by atoms with Crippen molar-refractivity contribution < 1.29 is 19.1 Å². The van der Waals surface area contributed by atoms with E-state index in [0.29, 0.717) is 18.2 Å². The van der Waals surface area contributed by atoms with Crippen LogP contribution in [-0.4, -0.2) is 48.6 Å². The molecule has 1 aliphatic rings. The molecule has 0 amide bonds. The molecule has 0 bridgehead atoms. The van der Waals surface area contributed by atoms with Gasteiger partial charge in [0.25, 0.3) is 0 Å². The average molecular weight is 312 g/mol. The molecule has 1 aromatic heterocycles. The van der Waals surface area contributed by atoms with Crippen molar-refractivity contribution in [3.63, 3.8) is 0 Å². The zero-order valence-corrected chi connectivity index (χ0v) is 13.1. The minimum absolute atomic E-state index is 0.0109. The van der Waals surface area contributed by atoms with Gasteiger partial charge in [-0.2, -0.15) is 0 Å². The summed E-state index contributed by atoms with van der Waals surface area (Å²) in [6.07, 6.45) is 1.61. The monoisotopic (exact) mass is 312 g/mol. The number of aromatic nitrogens is 1. The highest BCUT2D eigenvalue weighted by Crippen LogP contribution is 2.21. The van der Waals surface area contributed by atoms with Crippen molar-refractivity contribution in [2.45, 2.75) is 26.3 Å². The summed E-state index contributed by atoms with van der Waals surface area (Å²) in [6, 6.07) is 0. The fourth-order valence-electron chi connectivity index (χ4n) is 2.39. The van der Waals surface area contributed by atoms with Crippen LogP contribution in [-0.2, 0) is 20.8 Å². The van der Waals surface area contributed by atoms with Crippen LogP contribution >= 0.6 is 11.3 Å². The van der Waals surface area contributed by atoms with E-state index in [9.17, 15) is 9.59 Å². The van der Waals surface area contributed by atoms with Crippen molar-refractivity contribution >= 4 is 23.3 Å². The van der Waals surface area contributed by atoms with Crippen LogP contribution in [0.1, 0.15) is 35.3 Å². The van der Waals surface area contributed by atoms with Gasteiger partial charge in [0.05, 0.1) is 25.3 Å². The molecule has 116 valence electrons. The van der Waals surface area contributed by atoms with Crippen molar-refractivity contribution in [3.8, 4) is 0 Å². The lowest BCUT2D eigenvalue weighted by molar-refractivity contribution is -0.147. The molecule has 0 aromatic carbocycles. The maximum absolute atomic E-state index is 11.6. The molecule has 1 fully saturated rings. The Labute approximate surface area is 128 Å². The van der Waals surface area contributed by atoms with Gasteiger partial charge in [-0.1, -0.05) is 0 Å². The van der Waals surface area contributed by atoms with Gasteiger partial charge in [0.1, 0.15) is 0 Å². The summed E-state index contributed by atoms with van der Waals surface area (Å²) in [4.78, 5) is 29.6. The third-order valence-corrected chi connectivity index (χ3v) is 4.38. The predicted molar refractivity (Wildman–Crippen MR) is 78.1 cm³/mol. The zero-order chi connectivity index (χ0) is 15.2. The Morgan fingerprint density at radius 1 is 1.43 bits per heavy atom. The summed E-state index contributed by atoms with van der Waals surface area (Å²) < 4.78 is 9.70. The summed E-state index contributed by atoms with van der Waals surface area (Å²) in [5.74, 6) is -0.470. The Morgan fingerprint density at radius 3 is 2.76 bits per heavy atom. The number of hydrogen-bond donors (Lipinski definition) is 0. The minimum Gasteiger partial charge on any atom is -0.469 e. The van der Waals surface area contributed by atoms with E-state index in [0.717, 1.165) is 31.6 Å². The smallest absolute Gasteiger partial charge is 0.367 e. The fourth-order valence-corrected chi connectivity index (χ4v) is 3.09. The normalized spacial score (nSPS) is 16.7. The standard InChI is InChI=1S/C14H20N2O4S/c1-3-20-14(18)12-15-11(9-21-12)8-16-6-4-10(5-7-16)13(17)19-2/h9-10H,3-8H2,1-2H3. The van der Waals surface area contributed by atoms with Crippen LogP contribution in [0.2, 0.25) is 0 Å². The summed E-state index contributed by atoms with van der Waals surface area (Å²) in [6.45, 7) is 4.51. The number of piperidine rings is 1. The van der Waals surface area contributed by atoms with Gasteiger partial charge in [0.15, 0.2) is 0 Å². The molecular formula is C14H20N2O4S. The third kappa shape index (κ3) is 4.25. The maximum Gasteiger partial charge on any atom is 0.367 e. The molecule has 1 saturated heterocycles. The molecule has 6 nitrogen and oxygen atoms in total. The highest BCUT2D eigenvalue weighted by atomic mass is 32.1. The first-order chi connectivity index (χ1) is 10.1. The molecule has 0 radical (unpaired) electrons. The molecule has 2 rings (SSSR count). The second-order valence-electron chi connectivity index (χ2n) is 4.94. The molecule has 7 heteroatoms. The molecule has 0 N–H and O–H groups in total. The van der Waals surface area contributed by atoms with E-state index in [4.69, 9.17) is 9.47 Å². The van der Waals surface area contributed by atoms with Crippen LogP contribution in [0.15, 0.2) is 5.38 Å². The summed E-state index contributed by atoms with van der Waals surface area (Å²) in [5.41, 5.74) is 0.875. The van der Waals surface area contributed by atoms with Gasteiger partial charge >= 0.3 is 11.9 Å². The van der Waals surface area contributed by atoms with Crippen molar-refractivity contribution in [1.29, 1.82) is 0 Å². The van der Waals surface area contributed by atoms with E-state index in [1.54, 1.807) is 6.92 Å². The Morgan fingerprint density at radius 2 is 2.14 bits per heavy atom. The number of likely N-dealkylation sites (tertiary alicyclic amines) is 1. The van der Waals surface area contributed by atoms with Crippen LogP contribution in [0.3, 0.4) is 0 Å². The van der Waals surface area contributed by atoms with Crippen molar-refractivity contribution in [3.05, 3.63) is 16.1 Å². The van der Waals surface area contributed by atoms with Crippen LogP contribution < -0.4 is 0 Å². The number of nitrogens with zero attached hydrogens (tertiary/aromatic N) is 2. The van der Waals surface area contributed by atoms with Crippen molar-refractivity contribution in [2.75, 3.05) is 26.8 Å². The van der Waals surface area contributed by atoms with Gasteiger partial charge in [0, 0.05) is 11.9 Å². The highest BCUT2D eigenvalue weighted by molar-refractivity contribution is 7.11. The fraction of sp³-hybridized carbons (Fsp3) is 0.643. The van der Waals surface area contributed by atoms with E-state index < -0.39 is 0 Å². The lowest BCUT2D eigenvalue weighted by Crippen LogP contribution is -2.36. The van der Waals surface area contributed by atoms with E-state index in [-0.39, 0.29) is 17.9 Å². The van der Waals surface area contributed by atoms with E-state index in [2.05, 4.69) is 9.88 Å². The van der Waals surface area contributed by atoms with Crippen LogP contribution in [0.4, 0.5) is 0 Å². The van der Waals surface area contributed by atoms with Crippen molar-refractivity contribution in [1.82, 2.24) is 9.88 Å². The first-order valence-corrected chi connectivity index (χ1v) is 7.93. The molecule has 0 saturated carbocycles.